The Kier molecular flexibility index (Phi) is 4.41. The number of alkyl halides is 3. The van der Waals surface area contributed by atoms with Gasteiger partial charge in [-0.2, -0.15) is 13.2 Å². The Balaban J connectivity index is 2.11. The Morgan fingerprint density at radius 1 is 1.30 bits per heavy atom. The summed E-state index contributed by atoms with van der Waals surface area (Å²) in [6.07, 6.45) is -1.72. The standard InChI is InChI=1S/C13H13F3N2O2/c14-13(15,16)9-3-1-5-17-10(9)7-18-11(8-19)12-4-2-6-20-12/h1-6,11,18-19H,7-8H2. The maximum Gasteiger partial charge on any atom is 0.418 e. The van der Waals surface area contributed by atoms with E-state index in [1.165, 1.54) is 18.5 Å². The fourth-order valence-electron chi connectivity index (χ4n) is 1.80. The molecule has 0 spiro atoms. The zero-order valence-electron chi connectivity index (χ0n) is 10.4. The lowest BCUT2D eigenvalue weighted by atomic mass is 10.1. The third-order valence-electron chi connectivity index (χ3n) is 2.78. The van der Waals surface area contributed by atoms with E-state index >= 15 is 0 Å². The molecule has 0 saturated carbocycles. The summed E-state index contributed by atoms with van der Waals surface area (Å²) in [6.45, 7) is -0.413. The van der Waals surface area contributed by atoms with Crippen LogP contribution in [0.3, 0.4) is 0 Å². The van der Waals surface area contributed by atoms with Crippen molar-refractivity contribution in [2.24, 2.45) is 0 Å². The molecule has 0 saturated heterocycles. The van der Waals surface area contributed by atoms with Crippen LogP contribution in [0.4, 0.5) is 13.2 Å². The van der Waals surface area contributed by atoms with Gasteiger partial charge in [-0.25, -0.2) is 0 Å². The summed E-state index contributed by atoms with van der Waals surface area (Å²) in [4.78, 5) is 3.74. The first-order valence-electron chi connectivity index (χ1n) is 5.91. The van der Waals surface area contributed by atoms with Crippen LogP contribution in [-0.4, -0.2) is 16.7 Å². The number of rotatable bonds is 5. The summed E-state index contributed by atoms with van der Waals surface area (Å²) in [6, 6.07) is 4.92. The number of aromatic nitrogens is 1. The highest BCUT2D eigenvalue weighted by Gasteiger charge is 2.33. The number of nitrogens with zero attached hydrogens (tertiary/aromatic N) is 1. The van der Waals surface area contributed by atoms with Gasteiger partial charge in [-0.3, -0.25) is 10.3 Å². The highest BCUT2D eigenvalue weighted by molar-refractivity contribution is 5.23. The van der Waals surface area contributed by atoms with Crippen molar-refractivity contribution in [3.63, 3.8) is 0 Å². The number of hydrogen-bond donors (Lipinski definition) is 2. The summed E-state index contributed by atoms with van der Waals surface area (Å²) >= 11 is 0. The molecule has 20 heavy (non-hydrogen) atoms. The lowest BCUT2D eigenvalue weighted by molar-refractivity contribution is -0.138. The average molecular weight is 286 g/mol. The van der Waals surface area contributed by atoms with Crippen molar-refractivity contribution in [1.82, 2.24) is 10.3 Å². The maximum atomic E-state index is 12.8. The van der Waals surface area contributed by atoms with Crippen LogP contribution in [0.2, 0.25) is 0 Å². The van der Waals surface area contributed by atoms with Crippen molar-refractivity contribution in [1.29, 1.82) is 0 Å². The van der Waals surface area contributed by atoms with E-state index in [1.54, 1.807) is 12.1 Å². The molecule has 2 rings (SSSR count). The summed E-state index contributed by atoms with van der Waals surface area (Å²) in [7, 11) is 0. The fraction of sp³-hybridized carbons (Fsp3) is 0.308. The largest absolute Gasteiger partial charge is 0.468 e. The quantitative estimate of drug-likeness (QED) is 0.886. The van der Waals surface area contributed by atoms with E-state index in [0.717, 1.165) is 6.07 Å². The molecule has 2 heterocycles. The lowest BCUT2D eigenvalue weighted by Gasteiger charge is -2.16. The van der Waals surface area contributed by atoms with E-state index in [-0.39, 0.29) is 18.8 Å². The SMILES string of the molecule is OCC(NCc1ncccc1C(F)(F)F)c1ccco1. The predicted octanol–water partition coefficient (Wildman–Crippen LogP) is 2.52. The van der Waals surface area contributed by atoms with Crippen LogP contribution in [0.5, 0.6) is 0 Å². The van der Waals surface area contributed by atoms with Gasteiger partial charge in [-0.15, -0.1) is 0 Å². The van der Waals surface area contributed by atoms with Gasteiger partial charge in [0.1, 0.15) is 5.76 Å². The van der Waals surface area contributed by atoms with Crippen LogP contribution in [0.1, 0.15) is 23.1 Å². The molecule has 0 amide bonds. The molecule has 0 aliphatic carbocycles. The molecule has 0 aromatic carbocycles. The van der Waals surface area contributed by atoms with Crippen LogP contribution in [-0.2, 0) is 12.7 Å². The van der Waals surface area contributed by atoms with Crippen LogP contribution in [0.25, 0.3) is 0 Å². The molecule has 2 N–H and O–H groups in total. The smallest absolute Gasteiger partial charge is 0.418 e. The van der Waals surface area contributed by atoms with Crippen molar-refractivity contribution in [2.75, 3.05) is 6.61 Å². The molecule has 108 valence electrons. The van der Waals surface area contributed by atoms with Crippen molar-refractivity contribution >= 4 is 0 Å². The summed E-state index contributed by atoms with van der Waals surface area (Å²) in [5, 5.41) is 12.0. The highest BCUT2D eigenvalue weighted by atomic mass is 19.4. The molecule has 0 aliphatic heterocycles. The van der Waals surface area contributed by atoms with Gasteiger partial charge in [0.05, 0.1) is 30.2 Å². The van der Waals surface area contributed by atoms with E-state index in [4.69, 9.17) is 4.42 Å². The van der Waals surface area contributed by atoms with E-state index in [0.29, 0.717) is 5.76 Å². The number of halogens is 3. The molecular weight excluding hydrogens is 273 g/mol. The van der Waals surface area contributed by atoms with Gasteiger partial charge in [0.15, 0.2) is 0 Å². The molecule has 2 aromatic rings. The Morgan fingerprint density at radius 3 is 2.70 bits per heavy atom. The third kappa shape index (κ3) is 3.37. The van der Waals surface area contributed by atoms with Gasteiger partial charge in [0, 0.05) is 12.7 Å². The number of aliphatic hydroxyl groups is 1. The molecule has 1 atom stereocenters. The second kappa shape index (κ2) is 6.06. The number of hydrogen-bond acceptors (Lipinski definition) is 4. The molecule has 7 heteroatoms. The average Bonchev–Trinajstić information content (AvgIpc) is 2.93. The normalized spacial score (nSPS) is 13.4. The Morgan fingerprint density at radius 2 is 2.10 bits per heavy atom. The molecular formula is C13H13F3N2O2. The first-order chi connectivity index (χ1) is 9.52. The van der Waals surface area contributed by atoms with Gasteiger partial charge < -0.3 is 9.52 Å². The molecule has 0 bridgehead atoms. The monoisotopic (exact) mass is 286 g/mol. The minimum atomic E-state index is -4.45. The molecule has 0 aliphatic rings. The van der Waals surface area contributed by atoms with Gasteiger partial charge in [-0.05, 0) is 24.3 Å². The molecule has 0 radical (unpaired) electrons. The Labute approximate surface area is 113 Å². The predicted molar refractivity (Wildman–Crippen MR) is 64.6 cm³/mol. The number of nitrogens with one attached hydrogen (secondary N) is 1. The summed E-state index contributed by atoms with van der Waals surface area (Å²) in [5.41, 5.74) is -0.909. The first kappa shape index (κ1) is 14.5. The zero-order chi connectivity index (χ0) is 14.6. The Hall–Kier alpha value is -1.86. The molecule has 4 nitrogen and oxygen atoms in total. The summed E-state index contributed by atoms with van der Waals surface area (Å²) in [5.74, 6) is 0.456. The second-order valence-corrected chi connectivity index (χ2v) is 4.13. The Bertz CT molecular complexity index is 541. The van der Waals surface area contributed by atoms with E-state index in [9.17, 15) is 18.3 Å². The minimum Gasteiger partial charge on any atom is -0.468 e. The second-order valence-electron chi connectivity index (χ2n) is 4.13. The van der Waals surface area contributed by atoms with Gasteiger partial charge >= 0.3 is 6.18 Å². The number of pyridine rings is 1. The third-order valence-corrected chi connectivity index (χ3v) is 2.78. The summed E-state index contributed by atoms with van der Waals surface area (Å²) < 4.78 is 43.5. The molecule has 1 unspecified atom stereocenters. The van der Waals surface area contributed by atoms with Crippen molar-refractivity contribution in [2.45, 2.75) is 18.8 Å². The zero-order valence-corrected chi connectivity index (χ0v) is 10.4. The minimum absolute atomic E-state index is 0.120. The van der Waals surface area contributed by atoms with Crippen LogP contribution >= 0.6 is 0 Å². The first-order valence-corrected chi connectivity index (χ1v) is 5.91. The van der Waals surface area contributed by atoms with Crippen LogP contribution in [0, 0.1) is 0 Å². The van der Waals surface area contributed by atoms with Gasteiger partial charge in [0.25, 0.3) is 0 Å². The lowest BCUT2D eigenvalue weighted by Crippen LogP contribution is -2.25. The fourth-order valence-corrected chi connectivity index (χ4v) is 1.80. The van der Waals surface area contributed by atoms with Crippen molar-refractivity contribution in [3.05, 3.63) is 53.7 Å². The van der Waals surface area contributed by atoms with Crippen molar-refractivity contribution in [3.8, 4) is 0 Å². The van der Waals surface area contributed by atoms with E-state index in [1.807, 2.05) is 0 Å². The number of aliphatic hydroxyl groups excluding tert-OH is 1. The van der Waals surface area contributed by atoms with Crippen LogP contribution < -0.4 is 5.32 Å². The maximum absolute atomic E-state index is 12.8. The van der Waals surface area contributed by atoms with E-state index in [2.05, 4.69) is 10.3 Å². The van der Waals surface area contributed by atoms with E-state index < -0.39 is 17.8 Å². The number of furan rings is 1. The van der Waals surface area contributed by atoms with Crippen LogP contribution in [0.15, 0.2) is 41.1 Å². The van der Waals surface area contributed by atoms with Gasteiger partial charge in [0.2, 0.25) is 0 Å². The van der Waals surface area contributed by atoms with Gasteiger partial charge in [-0.1, -0.05) is 0 Å². The van der Waals surface area contributed by atoms with Crippen molar-refractivity contribution < 1.29 is 22.7 Å². The molecule has 0 fully saturated rings. The highest BCUT2D eigenvalue weighted by Crippen LogP contribution is 2.31. The molecule has 2 aromatic heterocycles. The topological polar surface area (TPSA) is 58.3 Å².